The average Bonchev–Trinajstić information content (AvgIpc) is 2.86. The average molecular weight is 254 g/mol. The summed E-state index contributed by atoms with van der Waals surface area (Å²) in [6, 6.07) is 10.4. The third kappa shape index (κ3) is 3.19. The highest BCUT2D eigenvalue weighted by Crippen LogP contribution is 2.10. The Hall–Kier alpha value is -2.61. The topological polar surface area (TPSA) is 81.6 Å². The van der Waals surface area contributed by atoms with Crippen LogP contribution in [0.2, 0.25) is 0 Å². The highest BCUT2D eigenvalue weighted by atomic mass is 16.1. The van der Waals surface area contributed by atoms with Crippen LogP contribution in [0.15, 0.2) is 30.3 Å². The van der Waals surface area contributed by atoms with Gasteiger partial charge in [-0.3, -0.25) is 9.89 Å². The lowest BCUT2D eigenvalue weighted by atomic mass is 10.1. The molecule has 5 nitrogen and oxygen atoms in total. The fourth-order valence-electron chi connectivity index (χ4n) is 1.74. The number of aromatic amines is 1. The van der Waals surface area contributed by atoms with Gasteiger partial charge < -0.3 is 5.32 Å². The molecular formula is C14H14N4O. The molecule has 1 heterocycles. The zero-order valence-corrected chi connectivity index (χ0v) is 10.6. The zero-order chi connectivity index (χ0) is 13.7. The number of H-pyrrole nitrogens is 1. The molecule has 1 aromatic heterocycles. The number of nitrogens with one attached hydrogen (secondary N) is 2. The minimum atomic E-state index is -0.272. The number of anilines is 1. The fraction of sp³-hybridized carbons (Fsp3) is 0.214. The summed E-state index contributed by atoms with van der Waals surface area (Å²) in [6.07, 6.45) is 1.91. The van der Waals surface area contributed by atoms with Gasteiger partial charge in [-0.2, -0.15) is 10.4 Å². The highest BCUT2D eigenvalue weighted by Gasteiger charge is 2.08. The Morgan fingerprint density at radius 3 is 3.05 bits per heavy atom. The van der Waals surface area contributed by atoms with E-state index < -0.39 is 0 Å². The number of nitriles is 1. The van der Waals surface area contributed by atoms with Gasteiger partial charge in [-0.25, -0.2) is 0 Å². The molecule has 0 radical (unpaired) electrons. The van der Waals surface area contributed by atoms with Crippen LogP contribution < -0.4 is 5.32 Å². The van der Waals surface area contributed by atoms with Crippen LogP contribution in [0.5, 0.6) is 0 Å². The lowest BCUT2D eigenvalue weighted by Gasteiger charge is -2.01. The van der Waals surface area contributed by atoms with Crippen molar-refractivity contribution in [3.8, 4) is 6.07 Å². The van der Waals surface area contributed by atoms with E-state index in [1.165, 1.54) is 0 Å². The molecule has 2 aromatic rings. The van der Waals surface area contributed by atoms with Crippen LogP contribution in [0.3, 0.4) is 0 Å². The van der Waals surface area contributed by atoms with Gasteiger partial charge in [-0.05, 0) is 24.6 Å². The van der Waals surface area contributed by atoms with E-state index in [1.54, 1.807) is 24.3 Å². The second-order valence-electron chi connectivity index (χ2n) is 4.18. The van der Waals surface area contributed by atoms with E-state index in [-0.39, 0.29) is 5.91 Å². The van der Waals surface area contributed by atoms with Crippen LogP contribution in [-0.4, -0.2) is 16.1 Å². The SMILES string of the molecule is CCCc1cc(NC(=O)c2cccc(C#N)c2)n[nH]1. The smallest absolute Gasteiger partial charge is 0.256 e. The van der Waals surface area contributed by atoms with Gasteiger partial charge in [-0.1, -0.05) is 19.4 Å². The Labute approximate surface area is 111 Å². The second kappa shape index (κ2) is 5.83. The number of nitrogens with zero attached hydrogens (tertiary/aromatic N) is 2. The second-order valence-corrected chi connectivity index (χ2v) is 4.18. The minimum Gasteiger partial charge on any atom is -0.305 e. The molecule has 2 N–H and O–H groups in total. The van der Waals surface area contributed by atoms with E-state index >= 15 is 0 Å². The molecule has 0 unspecified atom stereocenters. The predicted octanol–water partition coefficient (Wildman–Crippen LogP) is 2.49. The first-order valence-corrected chi connectivity index (χ1v) is 6.08. The maximum Gasteiger partial charge on any atom is 0.256 e. The molecule has 5 heteroatoms. The van der Waals surface area contributed by atoms with Gasteiger partial charge in [0.1, 0.15) is 0 Å². The van der Waals surface area contributed by atoms with Crippen molar-refractivity contribution >= 4 is 11.7 Å². The third-order valence-electron chi connectivity index (χ3n) is 2.65. The first-order valence-electron chi connectivity index (χ1n) is 6.08. The summed E-state index contributed by atoms with van der Waals surface area (Å²) in [6.45, 7) is 2.08. The summed E-state index contributed by atoms with van der Waals surface area (Å²) in [5.41, 5.74) is 1.89. The lowest BCUT2D eigenvalue weighted by molar-refractivity contribution is 0.102. The summed E-state index contributed by atoms with van der Waals surface area (Å²) >= 11 is 0. The molecule has 0 fully saturated rings. The maximum atomic E-state index is 12.0. The minimum absolute atomic E-state index is 0.272. The molecular weight excluding hydrogens is 240 g/mol. The molecule has 96 valence electrons. The number of carbonyl (C=O) groups is 1. The van der Waals surface area contributed by atoms with Crippen molar-refractivity contribution in [2.75, 3.05) is 5.32 Å². The van der Waals surface area contributed by atoms with Crippen LogP contribution >= 0.6 is 0 Å². The molecule has 0 saturated carbocycles. The van der Waals surface area contributed by atoms with E-state index in [9.17, 15) is 4.79 Å². The number of rotatable bonds is 4. The molecule has 0 aliphatic rings. The third-order valence-corrected chi connectivity index (χ3v) is 2.65. The lowest BCUT2D eigenvalue weighted by Crippen LogP contribution is -2.12. The van der Waals surface area contributed by atoms with Gasteiger partial charge in [0.25, 0.3) is 5.91 Å². The Morgan fingerprint density at radius 1 is 1.47 bits per heavy atom. The van der Waals surface area contributed by atoms with Crippen LogP contribution in [0.4, 0.5) is 5.82 Å². The molecule has 0 atom stereocenters. The van der Waals surface area contributed by atoms with E-state index in [1.807, 2.05) is 12.1 Å². The van der Waals surface area contributed by atoms with Crippen molar-refractivity contribution < 1.29 is 4.79 Å². The van der Waals surface area contributed by atoms with E-state index in [2.05, 4.69) is 22.4 Å². The first-order chi connectivity index (χ1) is 9.22. The van der Waals surface area contributed by atoms with Crippen LogP contribution in [0, 0.1) is 11.3 Å². The molecule has 0 saturated heterocycles. The zero-order valence-electron chi connectivity index (χ0n) is 10.6. The van der Waals surface area contributed by atoms with Crippen molar-refractivity contribution in [3.63, 3.8) is 0 Å². The summed E-state index contributed by atoms with van der Waals surface area (Å²) < 4.78 is 0. The van der Waals surface area contributed by atoms with Crippen molar-refractivity contribution in [1.82, 2.24) is 10.2 Å². The fourth-order valence-corrected chi connectivity index (χ4v) is 1.74. The number of benzene rings is 1. The number of hydrogen-bond acceptors (Lipinski definition) is 3. The van der Waals surface area contributed by atoms with Gasteiger partial charge in [0, 0.05) is 17.3 Å². The van der Waals surface area contributed by atoms with Gasteiger partial charge >= 0.3 is 0 Å². The van der Waals surface area contributed by atoms with Gasteiger partial charge in [0.15, 0.2) is 5.82 Å². The molecule has 1 amide bonds. The van der Waals surface area contributed by atoms with E-state index in [4.69, 9.17) is 5.26 Å². The highest BCUT2D eigenvalue weighted by molar-refractivity contribution is 6.03. The molecule has 0 spiro atoms. The molecule has 2 rings (SSSR count). The normalized spacial score (nSPS) is 9.89. The molecule has 0 bridgehead atoms. The van der Waals surface area contributed by atoms with Crippen LogP contribution in [0.25, 0.3) is 0 Å². The Morgan fingerprint density at radius 2 is 2.32 bits per heavy atom. The Balaban J connectivity index is 2.09. The number of amides is 1. The largest absolute Gasteiger partial charge is 0.305 e. The Kier molecular flexibility index (Phi) is 3.94. The summed E-state index contributed by atoms with van der Waals surface area (Å²) in [5.74, 6) is 0.224. The van der Waals surface area contributed by atoms with Crippen molar-refractivity contribution in [2.45, 2.75) is 19.8 Å². The monoisotopic (exact) mass is 254 g/mol. The molecule has 0 aliphatic heterocycles. The van der Waals surface area contributed by atoms with E-state index in [0.717, 1.165) is 18.5 Å². The molecule has 0 aliphatic carbocycles. The number of aromatic nitrogens is 2. The Bertz CT molecular complexity index is 624. The summed E-state index contributed by atoms with van der Waals surface area (Å²) in [5, 5.41) is 18.4. The maximum absolute atomic E-state index is 12.0. The summed E-state index contributed by atoms with van der Waals surface area (Å²) in [4.78, 5) is 12.0. The van der Waals surface area contributed by atoms with Gasteiger partial charge in [-0.15, -0.1) is 0 Å². The van der Waals surface area contributed by atoms with Gasteiger partial charge in [0.05, 0.1) is 11.6 Å². The first kappa shape index (κ1) is 12.8. The van der Waals surface area contributed by atoms with Gasteiger partial charge in [0.2, 0.25) is 0 Å². The van der Waals surface area contributed by atoms with Crippen molar-refractivity contribution in [3.05, 3.63) is 47.2 Å². The quantitative estimate of drug-likeness (QED) is 0.879. The number of aryl methyl sites for hydroxylation is 1. The number of hydrogen-bond donors (Lipinski definition) is 2. The van der Waals surface area contributed by atoms with E-state index in [0.29, 0.717) is 16.9 Å². The summed E-state index contributed by atoms with van der Waals surface area (Å²) in [7, 11) is 0. The number of carbonyl (C=O) groups excluding carboxylic acids is 1. The predicted molar refractivity (Wildman–Crippen MR) is 71.7 cm³/mol. The molecule has 1 aromatic carbocycles. The van der Waals surface area contributed by atoms with Crippen molar-refractivity contribution in [1.29, 1.82) is 5.26 Å². The molecule has 19 heavy (non-hydrogen) atoms. The van der Waals surface area contributed by atoms with Crippen molar-refractivity contribution in [2.24, 2.45) is 0 Å². The van der Waals surface area contributed by atoms with Crippen LogP contribution in [0.1, 0.15) is 35.0 Å². The van der Waals surface area contributed by atoms with Crippen LogP contribution in [-0.2, 0) is 6.42 Å². The standard InChI is InChI=1S/C14H14N4O/c1-2-4-12-8-13(18-17-12)16-14(19)11-6-3-5-10(7-11)9-15/h3,5-8H,2,4H2,1H3,(H2,16,17,18,19).